The van der Waals surface area contributed by atoms with E-state index in [4.69, 9.17) is 14.2 Å². The van der Waals surface area contributed by atoms with E-state index in [0.29, 0.717) is 17.0 Å². The van der Waals surface area contributed by atoms with Gasteiger partial charge in [0.1, 0.15) is 12.4 Å². The van der Waals surface area contributed by atoms with Crippen LogP contribution >= 0.6 is 15.9 Å². The number of methoxy groups -OCH3 is 1. The molecule has 0 aliphatic carbocycles. The molecule has 0 aromatic heterocycles. The van der Waals surface area contributed by atoms with E-state index in [-0.39, 0.29) is 46.0 Å². The Morgan fingerprint density at radius 3 is 2.72 bits per heavy atom. The number of amides is 2. The van der Waals surface area contributed by atoms with Crippen LogP contribution in [0.2, 0.25) is 0 Å². The summed E-state index contributed by atoms with van der Waals surface area (Å²) in [4.78, 5) is 34.8. The first-order valence-corrected chi connectivity index (χ1v) is 12.2. The van der Waals surface area contributed by atoms with Crippen LogP contribution in [0.3, 0.4) is 0 Å². The number of carbonyl (C=O) groups excluding carboxylic acids is 2. The molecule has 15 heteroatoms. The third-order valence-corrected chi connectivity index (χ3v) is 5.99. The number of aliphatic hydroxyl groups excluding tert-OH is 1. The van der Waals surface area contributed by atoms with Crippen LogP contribution in [0, 0.1) is 10.1 Å². The second kappa shape index (κ2) is 12.9. The van der Waals surface area contributed by atoms with E-state index in [0.717, 1.165) is 18.3 Å². The van der Waals surface area contributed by atoms with Gasteiger partial charge in [0.05, 0.1) is 40.9 Å². The molecule has 5 N–H and O–H groups in total. The van der Waals surface area contributed by atoms with Gasteiger partial charge in [-0.05, 0) is 47.5 Å². The standard InChI is InChI=1S/C24H26BrN5O9/c1-4-38-18-8-13(21-20(23(33)37-3)12(2)27-24(34)28-21)5-6-17(18)39-11-19(31)29-26-10-14-7-15(30(35)36)9-16(25)22(14)32/h5-10,19,21,29,31-32H,4,11H2,1-3H3,(H2,27,28,34)/b26-10+/t19-,21-/m0/s1. The lowest BCUT2D eigenvalue weighted by molar-refractivity contribution is -0.385. The van der Waals surface area contributed by atoms with Crippen molar-refractivity contribution in [3.63, 3.8) is 0 Å². The van der Waals surface area contributed by atoms with Crippen LogP contribution in [-0.2, 0) is 9.53 Å². The zero-order valence-electron chi connectivity index (χ0n) is 21.1. The van der Waals surface area contributed by atoms with Crippen molar-refractivity contribution in [3.8, 4) is 17.2 Å². The zero-order valence-corrected chi connectivity index (χ0v) is 22.6. The Morgan fingerprint density at radius 1 is 1.31 bits per heavy atom. The summed E-state index contributed by atoms with van der Waals surface area (Å²) in [5, 5.41) is 40.4. The van der Waals surface area contributed by atoms with E-state index >= 15 is 0 Å². The molecule has 0 fully saturated rings. The van der Waals surface area contributed by atoms with Crippen molar-refractivity contribution < 1.29 is 38.9 Å². The van der Waals surface area contributed by atoms with Gasteiger partial charge in [0.2, 0.25) is 0 Å². The minimum absolute atomic E-state index is 0.0477. The summed E-state index contributed by atoms with van der Waals surface area (Å²) >= 11 is 3.04. The van der Waals surface area contributed by atoms with Crippen LogP contribution in [0.25, 0.3) is 0 Å². The molecular formula is C24H26BrN5O9. The zero-order chi connectivity index (χ0) is 28.7. The molecule has 1 aliphatic heterocycles. The number of carbonyl (C=O) groups is 2. The van der Waals surface area contributed by atoms with E-state index in [1.54, 1.807) is 32.0 Å². The summed E-state index contributed by atoms with van der Waals surface area (Å²) in [5.74, 6) is -0.300. The average molecular weight is 608 g/mol. The van der Waals surface area contributed by atoms with Crippen molar-refractivity contribution >= 4 is 39.8 Å². The molecule has 0 unspecified atom stereocenters. The van der Waals surface area contributed by atoms with Gasteiger partial charge < -0.3 is 35.1 Å². The third-order valence-electron chi connectivity index (χ3n) is 5.39. The number of hydrazone groups is 1. The number of phenolic OH excluding ortho intramolecular Hbond substituents is 1. The molecule has 39 heavy (non-hydrogen) atoms. The fourth-order valence-corrected chi connectivity index (χ4v) is 4.09. The highest BCUT2D eigenvalue weighted by Gasteiger charge is 2.32. The molecule has 208 valence electrons. The number of ether oxygens (including phenoxy) is 3. The van der Waals surface area contributed by atoms with Gasteiger partial charge in [-0.25, -0.2) is 9.59 Å². The lowest BCUT2D eigenvalue weighted by Crippen LogP contribution is -2.45. The number of esters is 1. The minimum atomic E-state index is -1.31. The predicted octanol–water partition coefficient (Wildman–Crippen LogP) is 2.58. The Labute approximate surface area is 230 Å². The molecule has 2 aromatic rings. The van der Waals surface area contributed by atoms with Crippen molar-refractivity contribution in [1.29, 1.82) is 0 Å². The molecule has 1 heterocycles. The van der Waals surface area contributed by atoms with Gasteiger partial charge >= 0.3 is 12.0 Å². The number of phenols is 1. The van der Waals surface area contributed by atoms with Gasteiger partial charge in [0, 0.05) is 23.4 Å². The van der Waals surface area contributed by atoms with Crippen LogP contribution in [0.4, 0.5) is 10.5 Å². The van der Waals surface area contributed by atoms with Crippen LogP contribution in [-0.4, -0.2) is 59.9 Å². The number of nitro groups is 1. The van der Waals surface area contributed by atoms with Crippen LogP contribution in [0.1, 0.15) is 31.0 Å². The van der Waals surface area contributed by atoms with Crippen LogP contribution in [0.15, 0.2) is 51.2 Å². The number of non-ortho nitro benzene ring substituents is 1. The number of nitrogens with zero attached hydrogens (tertiary/aromatic N) is 2. The predicted molar refractivity (Wildman–Crippen MR) is 141 cm³/mol. The van der Waals surface area contributed by atoms with E-state index in [9.17, 15) is 29.9 Å². The van der Waals surface area contributed by atoms with Crippen molar-refractivity contribution in [3.05, 3.63) is 67.3 Å². The first-order chi connectivity index (χ1) is 18.5. The molecule has 1 aliphatic rings. The van der Waals surface area contributed by atoms with Crippen molar-refractivity contribution in [1.82, 2.24) is 16.1 Å². The van der Waals surface area contributed by atoms with Gasteiger partial charge in [-0.2, -0.15) is 5.10 Å². The number of hydrogen-bond acceptors (Lipinski definition) is 11. The highest BCUT2D eigenvalue weighted by atomic mass is 79.9. The summed E-state index contributed by atoms with van der Waals surface area (Å²) in [6.07, 6.45) is -0.196. The maximum Gasteiger partial charge on any atom is 0.337 e. The fourth-order valence-electron chi connectivity index (χ4n) is 3.62. The quantitative estimate of drug-likeness (QED) is 0.0832. The van der Waals surface area contributed by atoms with E-state index in [1.165, 1.54) is 7.11 Å². The van der Waals surface area contributed by atoms with E-state index < -0.39 is 29.2 Å². The summed E-state index contributed by atoms with van der Waals surface area (Å²) < 4.78 is 16.3. The van der Waals surface area contributed by atoms with Gasteiger partial charge in [-0.1, -0.05) is 6.07 Å². The molecule has 0 radical (unpaired) electrons. The van der Waals surface area contributed by atoms with E-state index in [1.807, 2.05) is 0 Å². The average Bonchev–Trinajstić information content (AvgIpc) is 2.89. The number of nitrogens with one attached hydrogen (secondary N) is 3. The number of aromatic hydroxyl groups is 1. The molecule has 14 nitrogen and oxygen atoms in total. The summed E-state index contributed by atoms with van der Waals surface area (Å²) in [6, 6.07) is 5.79. The summed E-state index contributed by atoms with van der Waals surface area (Å²) in [5.41, 5.74) is 3.30. The molecule has 2 amide bonds. The monoisotopic (exact) mass is 607 g/mol. The number of rotatable bonds is 11. The normalized spacial score (nSPS) is 15.8. The number of allylic oxidation sites excluding steroid dienone is 1. The number of nitro benzene ring substituents is 1. The molecule has 0 saturated carbocycles. The first-order valence-electron chi connectivity index (χ1n) is 11.4. The molecule has 3 rings (SSSR count). The molecule has 2 aromatic carbocycles. The number of hydrogen-bond donors (Lipinski definition) is 5. The highest BCUT2D eigenvalue weighted by Crippen LogP contribution is 2.35. The Kier molecular flexibility index (Phi) is 9.68. The van der Waals surface area contributed by atoms with Crippen LogP contribution in [0.5, 0.6) is 17.2 Å². The lowest BCUT2D eigenvalue weighted by Gasteiger charge is -2.28. The second-order valence-corrected chi connectivity index (χ2v) is 8.89. The second-order valence-electron chi connectivity index (χ2n) is 8.04. The first kappa shape index (κ1) is 29.2. The highest BCUT2D eigenvalue weighted by molar-refractivity contribution is 9.10. The smallest absolute Gasteiger partial charge is 0.337 e. The minimum Gasteiger partial charge on any atom is -0.506 e. The molecule has 0 saturated heterocycles. The largest absolute Gasteiger partial charge is 0.506 e. The molecule has 0 bridgehead atoms. The lowest BCUT2D eigenvalue weighted by atomic mass is 9.95. The van der Waals surface area contributed by atoms with Crippen molar-refractivity contribution in [2.45, 2.75) is 26.1 Å². The van der Waals surface area contributed by atoms with Crippen LogP contribution < -0.4 is 25.5 Å². The number of urea groups is 1. The molecular weight excluding hydrogens is 582 g/mol. The van der Waals surface area contributed by atoms with E-state index in [2.05, 4.69) is 37.1 Å². The Balaban J connectivity index is 1.72. The molecule has 0 spiro atoms. The van der Waals surface area contributed by atoms with Gasteiger partial charge in [0.25, 0.3) is 5.69 Å². The summed E-state index contributed by atoms with van der Waals surface area (Å²) in [7, 11) is 1.24. The van der Waals surface area contributed by atoms with Gasteiger partial charge in [-0.3, -0.25) is 15.5 Å². The maximum atomic E-state index is 12.4. The van der Waals surface area contributed by atoms with Gasteiger partial charge in [-0.15, -0.1) is 0 Å². The Morgan fingerprint density at radius 2 is 2.05 bits per heavy atom. The Hall–Kier alpha value is -4.37. The third kappa shape index (κ3) is 7.14. The number of halogens is 1. The SMILES string of the molecule is CCOc1cc([C@@H]2NC(=O)NC(C)=C2C(=O)OC)ccc1OC[C@H](O)N/N=C/c1cc([N+](=O)[O-])cc(Br)c1O. The Bertz CT molecular complexity index is 1330. The number of benzene rings is 2. The fraction of sp³-hybridized carbons (Fsp3) is 0.292. The number of aliphatic hydroxyl groups is 1. The topological polar surface area (TPSA) is 194 Å². The van der Waals surface area contributed by atoms with Gasteiger partial charge in [0.15, 0.2) is 17.7 Å². The van der Waals surface area contributed by atoms with Crippen molar-refractivity contribution in [2.75, 3.05) is 20.3 Å². The maximum absolute atomic E-state index is 12.4. The summed E-state index contributed by atoms with van der Waals surface area (Å²) in [6.45, 7) is 3.36. The molecule has 2 atom stereocenters. The van der Waals surface area contributed by atoms with Crippen molar-refractivity contribution in [2.24, 2.45) is 5.10 Å².